The zero-order chi connectivity index (χ0) is 39.8. The molecule has 0 aliphatic carbocycles. The summed E-state index contributed by atoms with van der Waals surface area (Å²) in [6, 6.07) is 18.3. The molecule has 1 unspecified atom stereocenters. The van der Waals surface area contributed by atoms with Crippen LogP contribution in [-0.4, -0.2) is 98.2 Å². The van der Waals surface area contributed by atoms with Gasteiger partial charge in [-0.3, -0.25) is 9.36 Å². The molecular formula is C37H49N4O12PS. The molecule has 0 spiro atoms. The van der Waals surface area contributed by atoms with Crippen LogP contribution >= 0.6 is 7.52 Å². The van der Waals surface area contributed by atoms with Crippen molar-refractivity contribution in [1.29, 1.82) is 0 Å². The van der Waals surface area contributed by atoms with Crippen molar-refractivity contribution >= 4 is 35.3 Å². The van der Waals surface area contributed by atoms with Crippen LogP contribution in [0.4, 0.5) is 10.5 Å². The predicted octanol–water partition coefficient (Wildman–Crippen LogP) is 4.05. The summed E-state index contributed by atoms with van der Waals surface area (Å²) in [5.41, 5.74) is 7.14. The molecule has 18 heteroatoms. The Bertz CT molecular complexity index is 1890. The Hall–Kier alpha value is -4.22. The normalized spacial score (nSPS) is 20.9. The van der Waals surface area contributed by atoms with Crippen LogP contribution in [0.2, 0.25) is 0 Å². The third-order valence-electron chi connectivity index (χ3n) is 9.03. The summed E-state index contributed by atoms with van der Waals surface area (Å²) in [4.78, 5) is 24.6. The van der Waals surface area contributed by atoms with Gasteiger partial charge in [0, 0.05) is 18.8 Å². The predicted molar refractivity (Wildman–Crippen MR) is 202 cm³/mol. The van der Waals surface area contributed by atoms with Gasteiger partial charge < -0.3 is 44.7 Å². The summed E-state index contributed by atoms with van der Waals surface area (Å²) in [6.45, 7) is 5.36. The molecule has 0 aromatic heterocycles. The lowest BCUT2D eigenvalue weighted by molar-refractivity contribution is -0.138. The number of fused-ring (bicyclic) bond motifs is 1. The highest BCUT2D eigenvalue weighted by molar-refractivity contribution is 7.89. The van der Waals surface area contributed by atoms with Gasteiger partial charge >= 0.3 is 19.6 Å². The minimum absolute atomic E-state index is 0.0482. The number of aliphatic hydroxyl groups is 1. The number of hydrogen-bond donors (Lipinski definition) is 5. The summed E-state index contributed by atoms with van der Waals surface area (Å²) in [5.74, 6) is -1.10. The molecule has 2 aliphatic rings. The molecule has 55 heavy (non-hydrogen) atoms. The zero-order valence-corrected chi connectivity index (χ0v) is 32.6. The number of carbonyl (C=O) groups is 2. The Morgan fingerprint density at radius 3 is 2.33 bits per heavy atom. The van der Waals surface area contributed by atoms with Gasteiger partial charge in [-0.05, 0) is 79.8 Å². The maximum absolute atomic E-state index is 14.1. The van der Waals surface area contributed by atoms with Crippen LogP contribution in [0.25, 0.3) is 0 Å². The Balaban J connectivity index is 1.29. The van der Waals surface area contributed by atoms with Crippen LogP contribution in [0.1, 0.15) is 32.8 Å². The second-order valence-electron chi connectivity index (χ2n) is 14.0. The number of carboxylic acids is 1. The summed E-state index contributed by atoms with van der Waals surface area (Å²) in [5, 5.41) is 26.3. The van der Waals surface area contributed by atoms with Gasteiger partial charge in [0.2, 0.25) is 10.0 Å². The van der Waals surface area contributed by atoms with Gasteiger partial charge in [-0.2, -0.15) is 4.31 Å². The van der Waals surface area contributed by atoms with Gasteiger partial charge in [-0.25, -0.2) is 18.3 Å². The zero-order valence-electron chi connectivity index (χ0n) is 30.9. The third kappa shape index (κ3) is 11.6. The number of alkyl carbamates (subject to hydrolysis) is 1. The molecule has 300 valence electrons. The molecule has 2 aliphatic heterocycles. The van der Waals surface area contributed by atoms with Gasteiger partial charge in [-0.1, -0.05) is 44.2 Å². The quantitative estimate of drug-likeness (QED) is 0.0852. The van der Waals surface area contributed by atoms with E-state index in [2.05, 4.69) is 10.4 Å². The number of ether oxygens (including phenoxy) is 4. The number of amides is 1. The number of benzene rings is 3. The molecule has 0 saturated carbocycles. The Morgan fingerprint density at radius 1 is 0.982 bits per heavy atom. The average molecular weight is 805 g/mol. The molecule has 0 bridgehead atoms. The van der Waals surface area contributed by atoms with Crippen LogP contribution in [0.3, 0.4) is 0 Å². The maximum Gasteiger partial charge on any atom is 0.407 e. The maximum atomic E-state index is 14.1. The van der Waals surface area contributed by atoms with Crippen LogP contribution in [0, 0.1) is 11.8 Å². The van der Waals surface area contributed by atoms with E-state index >= 15 is 0 Å². The lowest BCUT2D eigenvalue weighted by atomic mass is 10.0. The first-order valence-electron chi connectivity index (χ1n) is 17.9. The highest BCUT2D eigenvalue weighted by Gasteiger charge is 2.44. The fourth-order valence-corrected chi connectivity index (χ4v) is 9.47. The second-order valence-corrected chi connectivity index (χ2v) is 17.9. The van der Waals surface area contributed by atoms with Crippen LogP contribution in [0.5, 0.6) is 11.5 Å². The first kappa shape index (κ1) is 41.9. The molecule has 1 amide bonds. The van der Waals surface area contributed by atoms with E-state index in [1.807, 2.05) is 13.8 Å². The fraction of sp³-hybridized carbons (Fsp3) is 0.459. The van der Waals surface area contributed by atoms with Crippen molar-refractivity contribution in [2.45, 2.75) is 69.1 Å². The van der Waals surface area contributed by atoms with E-state index < -0.39 is 66.5 Å². The molecule has 16 nitrogen and oxygen atoms in total. The molecule has 5 rings (SSSR count). The number of anilines is 1. The number of hydrogen-bond acceptors (Lipinski definition) is 12. The molecule has 7 atom stereocenters. The average Bonchev–Trinajstić information content (AvgIpc) is 3.76. The summed E-state index contributed by atoms with van der Waals surface area (Å²) in [7, 11) is -8.15. The summed E-state index contributed by atoms with van der Waals surface area (Å²) >= 11 is 0. The molecule has 2 saturated heterocycles. The van der Waals surface area contributed by atoms with Crippen LogP contribution in [0.15, 0.2) is 83.8 Å². The lowest BCUT2D eigenvalue weighted by Gasteiger charge is -2.31. The number of carbonyl (C=O) groups excluding carboxylic acids is 1. The molecule has 2 heterocycles. The van der Waals surface area contributed by atoms with Gasteiger partial charge in [0.1, 0.15) is 23.6 Å². The monoisotopic (exact) mass is 804 g/mol. The molecule has 6 N–H and O–H groups in total. The van der Waals surface area contributed by atoms with Gasteiger partial charge in [0.25, 0.3) is 0 Å². The van der Waals surface area contributed by atoms with Crippen molar-refractivity contribution in [2.75, 3.05) is 38.4 Å². The van der Waals surface area contributed by atoms with Crippen molar-refractivity contribution in [3.05, 3.63) is 84.4 Å². The SMILES string of the molecule is CC(C)CN(C[C@@H](O)[C@H](Cc1ccc(N)cc1)NC(=O)O[C@H]1CO[C@H]2OCC[C@H]21)S(=O)(=O)c1ccc(OCP(=O)(N[C@@H](C)C(=O)O)Oc2ccccc2)cc1. The standard InChI is InChI=1S/C37H49N4O12PS/c1-24(2)20-41(21-33(42)32(19-26-9-11-27(38)12-10-26)39-37(45)52-34-22-50-36-31(34)17-18-49-36)55(47,48)30-15-13-28(14-16-30)51-23-54(46,40-25(3)35(43)44)53-29-7-5-4-6-8-29/h4-16,24-25,31-34,36,42H,17-23,38H2,1-3H3,(H,39,45)(H,40,46)(H,43,44)/t25-,31-,32-,33+,34-,36+,54?/m0/s1. The minimum atomic E-state index is -4.22. The minimum Gasteiger partial charge on any atom is -0.481 e. The highest BCUT2D eigenvalue weighted by Crippen LogP contribution is 2.44. The van der Waals surface area contributed by atoms with E-state index in [9.17, 15) is 32.8 Å². The number of sulfonamides is 1. The summed E-state index contributed by atoms with van der Waals surface area (Å²) in [6.07, 6.45) is -2.84. The largest absolute Gasteiger partial charge is 0.481 e. The first-order valence-corrected chi connectivity index (χ1v) is 21.2. The molecule has 3 aromatic carbocycles. The van der Waals surface area contributed by atoms with Gasteiger partial charge in [-0.15, -0.1) is 0 Å². The second kappa shape index (κ2) is 18.6. The highest BCUT2D eigenvalue weighted by atomic mass is 32.2. The Morgan fingerprint density at radius 2 is 1.67 bits per heavy atom. The molecular weight excluding hydrogens is 755 g/mol. The number of nitrogens with one attached hydrogen (secondary N) is 2. The molecule has 3 aromatic rings. The fourth-order valence-electron chi connectivity index (χ4n) is 6.18. The molecule has 0 radical (unpaired) electrons. The van der Waals surface area contributed by atoms with Crippen molar-refractivity contribution in [2.24, 2.45) is 11.8 Å². The van der Waals surface area contributed by atoms with Crippen molar-refractivity contribution in [3.8, 4) is 11.5 Å². The Kier molecular flexibility index (Phi) is 14.2. The van der Waals surface area contributed by atoms with E-state index in [0.717, 1.165) is 9.87 Å². The number of aliphatic carboxylic acids is 1. The van der Waals surface area contributed by atoms with Crippen molar-refractivity contribution in [3.63, 3.8) is 0 Å². The number of rotatable bonds is 19. The number of carboxylic acid groups (broad SMARTS) is 1. The number of nitrogens with zero attached hydrogens (tertiary/aromatic N) is 1. The van der Waals surface area contributed by atoms with Crippen LogP contribution < -0.4 is 25.4 Å². The third-order valence-corrected chi connectivity index (χ3v) is 12.6. The van der Waals surface area contributed by atoms with E-state index in [-0.39, 0.29) is 54.3 Å². The van der Waals surface area contributed by atoms with Gasteiger partial charge in [0.05, 0.1) is 36.2 Å². The number of aliphatic hydroxyl groups excluding tert-OH is 1. The van der Waals surface area contributed by atoms with E-state index in [1.165, 1.54) is 31.2 Å². The summed E-state index contributed by atoms with van der Waals surface area (Å²) < 4.78 is 71.2. The Labute approximate surface area is 320 Å². The first-order chi connectivity index (χ1) is 26.1. The smallest absolute Gasteiger partial charge is 0.407 e. The number of nitrogen functional groups attached to an aromatic ring is 1. The number of nitrogens with two attached hydrogens (primary N) is 1. The van der Waals surface area contributed by atoms with Crippen molar-refractivity contribution in [1.82, 2.24) is 14.7 Å². The molecule has 2 fully saturated rings. The van der Waals surface area contributed by atoms with Crippen LogP contribution in [-0.2, 0) is 40.0 Å². The van der Waals surface area contributed by atoms with Gasteiger partial charge in [0.15, 0.2) is 12.6 Å². The lowest BCUT2D eigenvalue weighted by Crippen LogP contribution is -2.51. The van der Waals surface area contributed by atoms with Crippen molar-refractivity contribution < 1.29 is 56.3 Å². The van der Waals surface area contributed by atoms with E-state index in [0.29, 0.717) is 18.7 Å². The van der Waals surface area contributed by atoms with E-state index in [4.69, 9.17) is 29.2 Å². The van der Waals surface area contributed by atoms with E-state index in [1.54, 1.807) is 54.6 Å². The number of para-hydroxylation sites is 1. The topological polar surface area (TPSA) is 225 Å².